The summed E-state index contributed by atoms with van der Waals surface area (Å²) in [6, 6.07) is 5.99. The number of aromatic nitrogens is 3. The van der Waals surface area contributed by atoms with E-state index in [1.165, 1.54) is 12.1 Å². The van der Waals surface area contributed by atoms with E-state index in [1.54, 1.807) is 12.1 Å². The predicted molar refractivity (Wildman–Crippen MR) is 66.0 cm³/mol. The highest BCUT2D eigenvalue weighted by Gasteiger charge is 2.08. The van der Waals surface area contributed by atoms with Crippen molar-refractivity contribution in [1.82, 2.24) is 15.0 Å². The second-order valence-electron chi connectivity index (χ2n) is 3.57. The maximum absolute atomic E-state index is 12.8. The molecule has 1 aromatic heterocycles. The zero-order valence-electron chi connectivity index (χ0n) is 9.73. The van der Waals surface area contributed by atoms with Gasteiger partial charge >= 0.3 is 6.01 Å². The molecule has 1 heterocycles. The number of halogens is 2. The fourth-order valence-electron chi connectivity index (χ4n) is 1.32. The number of ether oxygens (including phenoxy) is 1. The van der Waals surface area contributed by atoms with E-state index in [1.807, 2.05) is 6.92 Å². The SMILES string of the molecule is CCCOc1nc(Cl)nc(-c2ccc(F)cc2)n1. The molecule has 0 aliphatic rings. The summed E-state index contributed by atoms with van der Waals surface area (Å²) in [6.07, 6.45) is 0.842. The van der Waals surface area contributed by atoms with Crippen LogP contribution in [0.25, 0.3) is 11.4 Å². The van der Waals surface area contributed by atoms with E-state index in [9.17, 15) is 4.39 Å². The molecule has 94 valence electrons. The first-order valence-corrected chi connectivity index (χ1v) is 5.87. The molecule has 0 saturated heterocycles. The Morgan fingerprint density at radius 1 is 1.17 bits per heavy atom. The average Bonchev–Trinajstić information content (AvgIpc) is 2.36. The van der Waals surface area contributed by atoms with E-state index in [0.717, 1.165) is 6.42 Å². The standard InChI is InChI=1S/C12H11ClFN3O/c1-2-7-18-12-16-10(15-11(13)17-12)8-3-5-9(14)6-4-8/h3-6H,2,7H2,1H3. The summed E-state index contributed by atoms with van der Waals surface area (Å²) in [5.41, 5.74) is 0.655. The van der Waals surface area contributed by atoms with Gasteiger partial charge in [0.1, 0.15) is 5.82 Å². The monoisotopic (exact) mass is 267 g/mol. The van der Waals surface area contributed by atoms with Crippen LogP contribution >= 0.6 is 11.6 Å². The highest BCUT2D eigenvalue weighted by Crippen LogP contribution is 2.19. The lowest BCUT2D eigenvalue weighted by Crippen LogP contribution is -2.02. The molecule has 0 aliphatic carbocycles. The molecule has 2 rings (SSSR count). The van der Waals surface area contributed by atoms with Gasteiger partial charge in [0.2, 0.25) is 5.28 Å². The van der Waals surface area contributed by atoms with Crippen LogP contribution in [0.1, 0.15) is 13.3 Å². The average molecular weight is 268 g/mol. The third-order valence-electron chi connectivity index (χ3n) is 2.13. The first kappa shape index (κ1) is 12.7. The molecule has 2 aromatic rings. The predicted octanol–water partition coefficient (Wildman–Crippen LogP) is 3.12. The highest BCUT2D eigenvalue weighted by atomic mass is 35.5. The quantitative estimate of drug-likeness (QED) is 0.854. The second-order valence-corrected chi connectivity index (χ2v) is 3.90. The van der Waals surface area contributed by atoms with Crippen molar-refractivity contribution in [3.05, 3.63) is 35.4 Å². The van der Waals surface area contributed by atoms with Crippen molar-refractivity contribution in [2.75, 3.05) is 6.61 Å². The van der Waals surface area contributed by atoms with Crippen LogP contribution in [-0.2, 0) is 0 Å². The van der Waals surface area contributed by atoms with Gasteiger partial charge in [0, 0.05) is 5.56 Å². The molecule has 0 fully saturated rings. The highest BCUT2D eigenvalue weighted by molar-refractivity contribution is 6.28. The molecule has 0 bridgehead atoms. The first-order chi connectivity index (χ1) is 8.69. The fraction of sp³-hybridized carbons (Fsp3) is 0.250. The van der Waals surface area contributed by atoms with Crippen molar-refractivity contribution in [1.29, 1.82) is 0 Å². The van der Waals surface area contributed by atoms with Gasteiger partial charge in [-0.1, -0.05) is 6.92 Å². The van der Waals surface area contributed by atoms with Crippen molar-refractivity contribution < 1.29 is 9.13 Å². The minimum Gasteiger partial charge on any atom is -0.463 e. The van der Waals surface area contributed by atoms with Crippen LogP contribution in [0.5, 0.6) is 6.01 Å². The molecule has 0 unspecified atom stereocenters. The molecule has 4 nitrogen and oxygen atoms in total. The molecule has 0 atom stereocenters. The Hall–Kier alpha value is -1.75. The molecular weight excluding hydrogens is 257 g/mol. The van der Waals surface area contributed by atoms with E-state index in [0.29, 0.717) is 18.0 Å². The van der Waals surface area contributed by atoms with Gasteiger partial charge in [0.15, 0.2) is 5.82 Å². The maximum Gasteiger partial charge on any atom is 0.321 e. The molecule has 0 N–H and O–H groups in total. The lowest BCUT2D eigenvalue weighted by molar-refractivity contribution is 0.291. The number of nitrogens with zero attached hydrogens (tertiary/aromatic N) is 3. The van der Waals surface area contributed by atoms with Crippen molar-refractivity contribution in [2.45, 2.75) is 13.3 Å². The minimum atomic E-state index is -0.318. The van der Waals surface area contributed by atoms with Gasteiger partial charge in [-0.15, -0.1) is 0 Å². The largest absolute Gasteiger partial charge is 0.463 e. The Morgan fingerprint density at radius 3 is 2.56 bits per heavy atom. The van der Waals surface area contributed by atoms with Crippen molar-refractivity contribution >= 4 is 11.6 Å². The molecule has 0 amide bonds. The van der Waals surface area contributed by atoms with Gasteiger partial charge in [-0.2, -0.15) is 15.0 Å². The Morgan fingerprint density at radius 2 is 1.89 bits per heavy atom. The summed E-state index contributed by atoms with van der Waals surface area (Å²) >= 11 is 5.79. The van der Waals surface area contributed by atoms with Gasteiger partial charge < -0.3 is 4.74 Å². The molecule has 18 heavy (non-hydrogen) atoms. The minimum absolute atomic E-state index is 0.0513. The lowest BCUT2D eigenvalue weighted by Gasteiger charge is -2.05. The van der Waals surface area contributed by atoms with E-state index in [2.05, 4.69) is 15.0 Å². The van der Waals surface area contributed by atoms with Crippen molar-refractivity contribution in [3.8, 4) is 17.4 Å². The van der Waals surface area contributed by atoms with Crippen LogP contribution in [0.2, 0.25) is 5.28 Å². The smallest absolute Gasteiger partial charge is 0.321 e. The summed E-state index contributed by atoms with van der Waals surface area (Å²) in [4.78, 5) is 12.0. The molecule has 6 heteroatoms. The zero-order chi connectivity index (χ0) is 13.0. The van der Waals surface area contributed by atoms with Gasteiger partial charge in [-0.3, -0.25) is 0 Å². The summed E-state index contributed by atoms with van der Waals surface area (Å²) in [5, 5.41) is 0.0513. The van der Waals surface area contributed by atoms with E-state index >= 15 is 0 Å². The number of hydrogen-bond acceptors (Lipinski definition) is 4. The lowest BCUT2D eigenvalue weighted by atomic mass is 10.2. The second kappa shape index (κ2) is 5.73. The van der Waals surface area contributed by atoms with Crippen molar-refractivity contribution in [2.24, 2.45) is 0 Å². The van der Waals surface area contributed by atoms with E-state index < -0.39 is 0 Å². The summed E-state index contributed by atoms with van der Waals surface area (Å²) in [6.45, 7) is 2.48. The fourth-order valence-corrected chi connectivity index (χ4v) is 1.47. The van der Waals surface area contributed by atoms with Gasteiger partial charge in [-0.25, -0.2) is 4.39 Å². The van der Waals surface area contributed by atoms with Gasteiger partial charge in [-0.05, 0) is 42.3 Å². The Bertz CT molecular complexity index is 533. The van der Waals surface area contributed by atoms with Crippen LogP contribution in [0.15, 0.2) is 24.3 Å². The van der Waals surface area contributed by atoms with Crippen LogP contribution in [-0.4, -0.2) is 21.6 Å². The van der Waals surface area contributed by atoms with Crippen LogP contribution in [0.3, 0.4) is 0 Å². The summed E-state index contributed by atoms with van der Waals surface area (Å²) < 4.78 is 18.1. The molecule has 0 spiro atoms. The Balaban J connectivity index is 2.32. The number of benzene rings is 1. The topological polar surface area (TPSA) is 47.9 Å². The van der Waals surface area contributed by atoms with E-state index in [4.69, 9.17) is 16.3 Å². The van der Waals surface area contributed by atoms with E-state index in [-0.39, 0.29) is 17.1 Å². The third-order valence-corrected chi connectivity index (χ3v) is 2.29. The van der Waals surface area contributed by atoms with Crippen molar-refractivity contribution in [3.63, 3.8) is 0 Å². The Kier molecular flexibility index (Phi) is 4.04. The molecule has 0 radical (unpaired) electrons. The molecule has 1 aromatic carbocycles. The molecular formula is C12H11ClFN3O. The van der Waals surface area contributed by atoms with Gasteiger partial charge in [0.05, 0.1) is 6.61 Å². The van der Waals surface area contributed by atoms with Crippen LogP contribution in [0.4, 0.5) is 4.39 Å². The maximum atomic E-state index is 12.8. The summed E-state index contributed by atoms with van der Waals surface area (Å²) in [7, 11) is 0. The number of rotatable bonds is 4. The van der Waals surface area contributed by atoms with Gasteiger partial charge in [0.25, 0.3) is 0 Å². The van der Waals surface area contributed by atoms with Crippen LogP contribution in [0, 0.1) is 5.82 Å². The number of hydrogen-bond donors (Lipinski definition) is 0. The Labute approximate surface area is 109 Å². The normalized spacial score (nSPS) is 10.4. The summed E-state index contributed by atoms with van der Waals surface area (Å²) in [5.74, 6) is 0.0439. The van der Waals surface area contributed by atoms with Crippen LogP contribution < -0.4 is 4.74 Å². The molecule has 0 saturated carbocycles. The third kappa shape index (κ3) is 3.13. The first-order valence-electron chi connectivity index (χ1n) is 5.49. The molecule has 0 aliphatic heterocycles. The zero-order valence-corrected chi connectivity index (χ0v) is 10.5.